The molecule has 0 spiro atoms. The Morgan fingerprint density at radius 1 is 1.48 bits per heavy atom. The molecule has 0 saturated carbocycles. The van der Waals surface area contributed by atoms with Gasteiger partial charge in [0.25, 0.3) is 0 Å². The Hall–Kier alpha value is -2.26. The summed E-state index contributed by atoms with van der Waals surface area (Å²) >= 11 is 0. The molecule has 25 heavy (non-hydrogen) atoms. The van der Waals surface area contributed by atoms with Crippen molar-refractivity contribution in [2.24, 2.45) is 7.05 Å². The quantitative estimate of drug-likeness (QED) is 0.816. The maximum atomic E-state index is 12.3. The van der Waals surface area contributed by atoms with E-state index in [-0.39, 0.29) is 5.91 Å². The Morgan fingerprint density at radius 2 is 2.28 bits per heavy atom. The number of anilines is 1. The van der Waals surface area contributed by atoms with Gasteiger partial charge in [-0.25, -0.2) is 0 Å². The smallest absolute Gasteiger partial charge is 0.239 e. The van der Waals surface area contributed by atoms with Gasteiger partial charge >= 0.3 is 0 Å². The van der Waals surface area contributed by atoms with Crippen molar-refractivity contribution in [3.63, 3.8) is 0 Å². The molecular formula is C16H25N7O2. The van der Waals surface area contributed by atoms with Crippen molar-refractivity contribution < 1.29 is 9.32 Å². The van der Waals surface area contributed by atoms with Crippen molar-refractivity contribution in [3.05, 3.63) is 23.5 Å². The maximum absolute atomic E-state index is 12.3. The molecule has 9 nitrogen and oxygen atoms in total. The molecule has 3 rings (SSSR count). The van der Waals surface area contributed by atoms with Gasteiger partial charge in [0, 0.05) is 39.2 Å². The highest BCUT2D eigenvalue weighted by atomic mass is 16.5. The molecule has 0 radical (unpaired) electrons. The standard InChI is InChI=1S/C16H25N7O2/c1-11-7-15(22(4)19-11)18-16(24)10-23-6-5-13(8-23)21(3)9-14-17-12(2)25-20-14/h7,13H,5-6,8-10H2,1-4H3,(H,18,24)/t13-/m0/s1. The number of nitrogens with one attached hydrogen (secondary N) is 1. The van der Waals surface area contributed by atoms with Crippen molar-refractivity contribution in [2.75, 3.05) is 32.0 Å². The Morgan fingerprint density at radius 3 is 2.92 bits per heavy atom. The molecule has 1 aliphatic heterocycles. The molecule has 2 aromatic rings. The lowest BCUT2D eigenvalue weighted by atomic mass is 10.2. The number of likely N-dealkylation sites (N-methyl/N-ethyl adjacent to an activating group) is 1. The summed E-state index contributed by atoms with van der Waals surface area (Å²) in [4.78, 5) is 20.9. The van der Waals surface area contributed by atoms with Gasteiger partial charge in [0.1, 0.15) is 5.82 Å². The number of aromatic nitrogens is 4. The minimum Gasteiger partial charge on any atom is -0.340 e. The number of likely N-dealkylation sites (tertiary alicyclic amines) is 1. The summed E-state index contributed by atoms with van der Waals surface area (Å²) in [5.41, 5.74) is 0.886. The molecule has 1 fully saturated rings. The van der Waals surface area contributed by atoms with Crippen molar-refractivity contribution in [1.82, 2.24) is 29.7 Å². The van der Waals surface area contributed by atoms with E-state index in [1.54, 1.807) is 11.6 Å². The normalized spacial score (nSPS) is 18.2. The lowest BCUT2D eigenvalue weighted by Gasteiger charge is -2.23. The number of nitrogens with zero attached hydrogens (tertiary/aromatic N) is 6. The number of amides is 1. The second kappa shape index (κ2) is 7.32. The van der Waals surface area contributed by atoms with Crippen molar-refractivity contribution in [3.8, 4) is 0 Å². The third-order valence-electron chi connectivity index (χ3n) is 4.47. The summed E-state index contributed by atoms with van der Waals surface area (Å²) in [5.74, 6) is 1.99. The van der Waals surface area contributed by atoms with Crippen LogP contribution in [0.5, 0.6) is 0 Å². The monoisotopic (exact) mass is 347 g/mol. The van der Waals surface area contributed by atoms with Crippen LogP contribution < -0.4 is 5.32 Å². The van der Waals surface area contributed by atoms with Crippen LogP contribution in [0.4, 0.5) is 5.82 Å². The van der Waals surface area contributed by atoms with Gasteiger partial charge in [-0.3, -0.25) is 19.3 Å². The first kappa shape index (κ1) is 17.6. The van der Waals surface area contributed by atoms with Gasteiger partial charge in [0.2, 0.25) is 11.8 Å². The fraction of sp³-hybridized carbons (Fsp3) is 0.625. The summed E-state index contributed by atoms with van der Waals surface area (Å²) < 4.78 is 6.69. The largest absolute Gasteiger partial charge is 0.340 e. The van der Waals surface area contributed by atoms with Gasteiger partial charge in [-0.2, -0.15) is 10.1 Å². The summed E-state index contributed by atoms with van der Waals surface area (Å²) in [7, 11) is 3.88. The van der Waals surface area contributed by atoms with Crippen LogP contribution in [0.1, 0.15) is 23.8 Å². The van der Waals surface area contributed by atoms with E-state index in [9.17, 15) is 4.79 Å². The van der Waals surface area contributed by atoms with Gasteiger partial charge in [-0.15, -0.1) is 0 Å². The maximum Gasteiger partial charge on any atom is 0.239 e. The molecule has 1 amide bonds. The molecule has 1 N–H and O–H groups in total. The highest BCUT2D eigenvalue weighted by Gasteiger charge is 2.27. The SMILES string of the molecule is Cc1cc(NC(=O)CN2CC[C@H](N(C)Cc3noc(C)n3)C2)n(C)n1. The minimum absolute atomic E-state index is 0.0138. The topological polar surface area (TPSA) is 92.3 Å². The van der Waals surface area contributed by atoms with E-state index >= 15 is 0 Å². The number of aryl methyl sites for hydroxylation is 3. The van der Waals surface area contributed by atoms with E-state index in [0.717, 1.165) is 31.0 Å². The van der Waals surface area contributed by atoms with Crippen LogP contribution in [0, 0.1) is 13.8 Å². The van der Waals surface area contributed by atoms with Crippen LogP contribution in [-0.4, -0.2) is 68.4 Å². The molecule has 0 bridgehead atoms. The van der Waals surface area contributed by atoms with Crippen LogP contribution >= 0.6 is 0 Å². The molecule has 1 aliphatic rings. The van der Waals surface area contributed by atoms with Gasteiger partial charge < -0.3 is 9.84 Å². The minimum atomic E-state index is -0.0138. The summed E-state index contributed by atoms with van der Waals surface area (Å²) in [5, 5.41) is 11.1. The Kier molecular flexibility index (Phi) is 5.14. The average molecular weight is 347 g/mol. The van der Waals surface area contributed by atoms with Crippen LogP contribution in [0.15, 0.2) is 10.6 Å². The Bertz CT molecular complexity index is 739. The van der Waals surface area contributed by atoms with E-state index in [0.29, 0.717) is 30.8 Å². The average Bonchev–Trinajstić information content (AvgIpc) is 3.22. The molecule has 136 valence electrons. The highest BCUT2D eigenvalue weighted by Crippen LogP contribution is 2.16. The lowest BCUT2D eigenvalue weighted by Crippen LogP contribution is -2.37. The van der Waals surface area contributed by atoms with Gasteiger partial charge in [-0.1, -0.05) is 5.16 Å². The van der Waals surface area contributed by atoms with E-state index < -0.39 is 0 Å². The summed E-state index contributed by atoms with van der Waals surface area (Å²) in [6.45, 7) is 6.48. The molecule has 0 aromatic carbocycles. The number of hydrogen-bond acceptors (Lipinski definition) is 7. The van der Waals surface area contributed by atoms with Crippen LogP contribution in [0.2, 0.25) is 0 Å². The van der Waals surface area contributed by atoms with Crippen molar-refractivity contribution >= 4 is 11.7 Å². The second-order valence-corrected chi connectivity index (χ2v) is 6.67. The zero-order valence-electron chi connectivity index (χ0n) is 15.2. The summed E-state index contributed by atoms with van der Waals surface area (Å²) in [6, 6.07) is 2.25. The number of hydrogen-bond donors (Lipinski definition) is 1. The first-order chi connectivity index (χ1) is 11.9. The molecule has 1 atom stereocenters. The predicted octanol–water partition coefficient (Wildman–Crippen LogP) is 0.565. The first-order valence-electron chi connectivity index (χ1n) is 8.43. The molecule has 1 saturated heterocycles. The van der Waals surface area contributed by atoms with Crippen molar-refractivity contribution in [1.29, 1.82) is 0 Å². The molecule has 2 aromatic heterocycles. The third kappa shape index (κ3) is 4.43. The number of carbonyl (C=O) groups excluding carboxylic acids is 1. The number of rotatable bonds is 6. The highest BCUT2D eigenvalue weighted by molar-refractivity contribution is 5.91. The zero-order valence-corrected chi connectivity index (χ0v) is 15.2. The van der Waals surface area contributed by atoms with Crippen LogP contribution in [0.25, 0.3) is 0 Å². The van der Waals surface area contributed by atoms with Crippen LogP contribution in [-0.2, 0) is 18.4 Å². The van der Waals surface area contributed by atoms with Gasteiger partial charge in [-0.05, 0) is 20.4 Å². The fourth-order valence-electron chi connectivity index (χ4n) is 3.19. The molecular weight excluding hydrogens is 322 g/mol. The van der Waals surface area contributed by atoms with E-state index in [1.165, 1.54) is 0 Å². The summed E-state index contributed by atoms with van der Waals surface area (Å²) in [6.07, 6.45) is 1.02. The van der Waals surface area contributed by atoms with E-state index in [1.807, 2.05) is 20.0 Å². The molecule has 3 heterocycles. The lowest BCUT2D eigenvalue weighted by molar-refractivity contribution is -0.117. The van der Waals surface area contributed by atoms with Crippen LogP contribution in [0.3, 0.4) is 0 Å². The predicted molar refractivity (Wildman–Crippen MR) is 91.9 cm³/mol. The fourth-order valence-corrected chi connectivity index (χ4v) is 3.19. The Labute approximate surface area is 147 Å². The van der Waals surface area contributed by atoms with E-state index in [2.05, 4.69) is 37.4 Å². The zero-order chi connectivity index (χ0) is 18.0. The van der Waals surface area contributed by atoms with Crippen molar-refractivity contribution in [2.45, 2.75) is 32.9 Å². The first-order valence-corrected chi connectivity index (χ1v) is 8.43. The van der Waals surface area contributed by atoms with Gasteiger partial charge in [0.15, 0.2) is 5.82 Å². The van der Waals surface area contributed by atoms with Gasteiger partial charge in [0.05, 0.1) is 18.8 Å². The molecule has 0 unspecified atom stereocenters. The second-order valence-electron chi connectivity index (χ2n) is 6.67. The Balaban J connectivity index is 1.47. The number of carbonyl (C=O) groups is 1. The molecule has 0 aliphatic carbocycles. The third-order valence-corrected chi connectivity index (χ3v) is 4.47. The van der Waals surface area contributed by atoms with E-state index in [4.69, 9.17) is 4.52 Å². The molecule has 9 heteroatoms.